The topological polar surface area (TPSA) is 87.6 Å². The summed E-state index contributed by atoms with van der Waals surface area (Å²) in [4.78, 5) is 17.1. The fraction of sp³-hybridized carbons (Fsp3) is 0.300. The lowest BCUT2D eigenvalue weighted by Crippen LogP contribution is -2.34. The average Bonchev–Trinajstić information content (AvgIpc) is 3.14. The number of halogens is 1. The van der Waals surface area contributed by atoms with Crippen LogP contribution >= 0.6 is 15.9 Å². The van der Waals surface area contributed by atoms with Crippen molar-refractivity contribution in [3.05, 3.63) is 58.6 Å². The van der Waals surface area contributed by atoms with Gasteiger partial charge in [-0.05, 0) is 56.2 Å². The molecule has 2 aromatic carbocycles. The molecule has 0 atom stereocenters. The molecule has 1 heterocycles. The second-order valence-electron chi connectivity index (χ2n) is 7.15. The maximum Gasteiger partial charge on any atom is 0.262 e. The fourth-order valence-corrected chi connectivity index (χ4v) is 4.26. The molecule has 0 saturated carbocycles. The van der Waals surface area contributed by atoms with Gasteiger partial charge in [-0.1, -0.05) is 34.1 Å². The lowest BCUT2D eigenvalue weighted by atomic mass is 9.83. The molecule has 8 heteroatoms. The van der Waals surface area contributed by atoms with Crippen molar-refractivity contribution in [2.45, 2.75) is 37.0 Å². The van der Waals surface area contributed by atoms with Crippen molar-refractivity contribution in [3.8, 4) is 0 Å². The van der Waals surface area contributed by atoms with E-state index in [0.717, 1.165) is 16.5 Å². The van der Waals surface area contributed by atoms with Gasteiger partial charge in [0.05, 0.1) is 10.3 Å². The summed E-state index contributed by atoms with van der Waals surface area (Å²) in [5.41, 5.74) is 0.496. The number of nitrogens with one attached hydrogen (secondary N) is 2. The molecule has 3 rings (SSSR count). The maximum absolute atomic E-state index is 12.9. The minimum atomic E-state index is -3.73. The number of hydrogen-bond donors (Lipinski definition) is 2. The van der Waals surface area contributed by atoms with Crippen molar-refractivity contribution in [1.29, 1.82) is 0 Å². The number of amidine groups is 1. The fourth-order valence-electron chi connectivity index (χ4n) is 2.86. The van der Waals surface area contributed by atoms with Crippen LogP contribution in [0.25, 0.3) is 0 Å². The average molecular weight is 464 g/mol. The Labute approximate surface area is 173 Å². The van der Waals surface area contributed by atoms with Crippen LogP contribution in [0.1, 0.15) is 32.3 Å². The second-order valence-corrected chi connectivity index (χ2v) is 9.75. The first-order valence-electron chi connectivity index (χ1n) is 8.92. The summed E-state index contributed by atoms with van der Waals surface area (Å²) in [6.45, 7) is 4.29. The van der Waals surface area contributed by atoms with E-state index >= 15 is 0 Å². The Morgan fingerprint density at radius 1 is 1.14 bits per heavy atom. The Bertz CT molecular complexity index is 1020. The largest absolute Gasteiger partial charge is 0.325 e. The van der Waals surface area contributed by atoms with Crippen LogP contribution in [0.4, 0.5) is 5.69 Å². The van der Waals surface area contributed by atoms with Crippen LogP contribution in [0.2, 0.25) is 0 Å². The number of carbonyl (C=O) groups excluding carboxylic acids is 1. The van der Waals surface area contributed by atoms with Gasteiger partial charge in [-0.15, -0.1) is 0 Å². The molecule has 0 spiro atoms. The number of hydrogen-bond acceptors (Lipinski definition) is 4. The second kappa shape index (κ2) is 8.05. The molecule has 1 aliphatic heterocycles. The summed E-state index contributed by atoms with van der Waals surface area (Å²) >= 11 is 3.39. The van der Waals surface area contributed by atoms with Crippen LogP contribution in [-0.2, 0) is 20.2 Å². The van der Waals surface area contributed by atoms with E-state index in [1.165, 1.54) is 12.1 Å². The monoisotopic (exact) mass is 463 g/mol. The van der Waals surface area contributed by atoms with E-state index in [9.17, 15) is 13.2 Å². The van der Waals surface area contributed by atoms with Gasteiger partial charge in [0.2, 0.25) is 5.91 Å². The summed E-state index contributed by atoms with van der Waals surface area (Å²) in [5, 5.41) is 2.83. The number of carbonyl (C=O) groups is 1. The first-order valence-corrected chi connectivity index (χ1v) is 11.2. The molecular formula is C20H22BrN3O3S. The van der Waals surface area contributed by atoms with E-state index in [-0.39, 0.29) is 10.8 Å². The smallest absolute Gasteiger partial charge is 0.262 e. The number of aliphatic imine (C=N–C) groups is 1. The number of nitrogens with zero attached hydrogens (tertiary/aromatic N) is 1. The Morgan fingerprint density at radius 2 is 1.86 bits per heavy atom. The van der Waals surface area contributed by atoms with Crippen LogP contribution in [0.5, 0.6) is 0 Å². The summed E-state index contributed by atoms with van der Waals surface area (Å²) in [7, 11) is -3.73. The molecular weight excluding hydrogens is 442 g/mol. The zero-order chi connectivity index (χ0) is 20.4. The van der Waals surface area contributed by atoms with E-state index in [0.29, 0.717) is 24.5 Å². The number of benzene rings is 2. The lowest BCUT2D eigenvalue weighted by Gasteiger charge is -2.24. The van der Waals surface area contributed by atoms with Crippen LogP contribution < -0.4 is 10.0 Å². The summed E-state index contributed by atoms with van der Waals surface area (Å²) < 4.78 is 28.6. The molecule has 6 nitrogen and oxygen atoms in total. The van der Waals surface area contributed by atoms with E-state index in [1.807, 2.05) is 38.1 Å². The SMILES string of the molecule is CC(C)(C(=O)Nc1cccc(S(=O)(=O)NC2=NCCC2)c1)c1ccc(Br)cc1. The van der Waals surface area contributed by atoms with Crippen molar-refractivity contribution >= 4 is 43.4 Å². The van der Waals surface area contributed by atoms with Gasteiger partial charge < -0.3 is 5.32 Å². The quantitative estimate of drug-likeness (QED) is 0.705. The van der Waals surface area contributed by atoms with Gasteiger partial charge in [0, 0.05) is 23.1 Å². The third-order valence-corrected chi connectivity index (χ3v) is 6.57. The summed E-state index contributed by atoms with van der Waals surface area (Å²) in [6, 6.07) is 13.8. The molecule has 1 amide bonds. The van der Waals surface area contributed by atoms with E-state index < -0.39 is 15.4 Å². The first-order chi connectivity index (χ1) is 13.2. The Kier molecular flexibility index (Phi) is 5.90. The third-order valence-electron chi connectivity index (χ3n) is 4.66. The maximum atomic E-state index is 12.9. The van der Waals surface area contributed by atoms with Crippen molar-refractivity contribution < 1.29 is 13.2 Å². The Morgan fingerprint density at radius 3 is 2.50 bits per heavy atom. The minimum Gasteiger partial charge on any atom is -0.325 e. The van der Waals surface area contributed by atoms with E-state index in [2.05, 4.69) is 31.0 Å². The molecule has 1 aliphatic rings. The lowest BCUT2D eigenvalue weighted by molar-refractivity contribution is -0.120. The summed E-state index contributed by atoms with van der Waals surface area (Å²) in [6.07, 6.45) is 1.47. The van der Waals surface area contributed by atoms with E-state index in [4.69, 9.17) is 0 Å². The predicted octanol–water partition coefficient (Wildman–Crippen LogP) is 3.84. The van der Waals surface area contributed by atoms with Gasteiger partial charge in [-0.3, -0.25) is 14.5 Å². The molecule has 0 fully saturated rings. The number of anilines is 1. The van der Waals surface area contributed by atoms with Crippen LogP contribution in [0.3, 0.4) is 0 Å². The van der Waals surface area contributed by atoms with Crippen LogP contribution in [-0.4, -0.2) is 26.7 Å². The highest BCUT2D eigenvalue weighted by Crippen LogP contribution is 2.27. The van der Waals surface area contributed by atoms with Gasteiger partial charge in [0.1, 0.15) is 5.84 Å². The standard InChI is InChI=1S/C20H22BrN3O3S/c1-20(2,14-8-10-15(21)11-9-14)19(25)23-16-5-3-6-17(13-16)28(26,27)24-18-7-4-12-22-18/h3,5-6,8-11,13H,4,7,12H2,1-2H3,(H,22,24)(H,23,25). The number of rotatable bonds is 5. The third kappa shape index (κ3) is 4.62. The molecule has 148 valence electrons. The van der Waals surface area contributed by atoms with Gasteiger partial charge in [0.15, 0.2) is 0 Å². The Hall–Kier alpha value is -2.19. The molecule has 0 bridgehead atoms. The van der Waals surface area contributed by atoms with Gasteiger partial charge in [-0.25, -0.2) is 8.42 Å². The van der Waals surface area contributed by atoms with Crippen molar-refractivity contribution in [2.75, 3.05) is 11.9 Å². The predicted molar refractivity (Wildman–Crippen MR) is 114 cm³/mol. The zero-order valence-electron chi connectivity index (χ0n) is 15.7. The molecule has 0 unspecified atom stereocenters. The van der Waals surface area contributed by atoms with Crippen molar-refractivity contribution in [3.63, 3.8) is 0 Å². The van der Waals surface area contributed by atoms with Crippen molar-refractivity contribution in [1.82, 2.24) is 4.72 Å². The molecule has 2 N–H and O–H groups in total. The number of sulfonamides is 1. The highest BCUT2D eigenvalue weighted by atomic mass is 79.9. The van der Waals surface area contributed by atoms with Crippen LogP contribution in [0, 0.1) is 0 Å². The molecule has 2 aromatic rings. The highest BCUT2D eigenvalue weighted by Gasteiger charge is 2.30. The first kappa shape index (κ1) is 20.5. The highest BCUT2D eigenvalue weighted by molar-refractivity contribution is 9.10. The van der Waals surface area contributed by atoms with Gasteiger partial charge in [0.25, 0.3) is 10.0 Å². The van der Waals surface area contributed by atoms with Gasteiger partial charge >= 0.3 is 0 Å². The molecule has 28 heavy (non-hydrogen) atoms. The normalized spacial score (nSPS) is 14.5. The number of amides is 1. The Balaban J connectivity index is 1.78. The molecule has 0 saturated heterocycles. The molecule has 0 aliphatic carbocycles. The van der Waals surface area contributed by atoms with Crippen molar-refractivity contribution in [2.24, 2.45) is 4.99 Å². The summed E-state index contributed by atoms with van der Waals surface area (Å²) in [5.74, 6) is 0.253. The zero-order valence-corrected chi connectivity index (χ0v) is 18.1. The van der Waals surface area contributed by atoms with Crippen LogP contribution in [0.15, 0.2) is 62.9 Å². The molecule has 0 aromatic heterocycles. The van der Waals surface area contributed by atoms with E-state index in [1.54, 1.807) is 12.1 Å². The minimum absolute atomic E-state index is 0.0846. The molecule has 0 radical (unpaired) electrons. The van der Waals surface area contributed by atoms with Gasteiger partial charge in [-0.2, -0.15) is 0 Å².